The van der Waals surface area contributed by atoms with Gasteiger partial charge in [-0.3, -0.25) is 0 Å². The summed E-state index contributed by atoms with van der Waals surface area (Å²) in [4.78, 5) is 27.9. The number of hydrogen-bond acceptors (Lipinski definition) is 4. The number of ether oxygens (including phenoxy) is 1. The Hall–Kier alpha value is -2.19. The van der Waals surface area contributed by atoms with Gasteiger partial charge < -0.3 is 4.74 Å². The molecular formula is C34H45NO3. The summed E-state index contributed by atoms with van der Waals surface area (Å²) in [5.74, 6) is 3.17. The number of isocyanates is 1. The third kappa shape index (κ3) is 3.51. The molecule has 5 aliphatic rings. The topological polar surface area (TPSA) is 55.7 Å². The van der Waals surface area contributed by atoms with Crippen molar-refractivity contribution < 1.29 is 14.3 Å². The molecule has 0 bridgehead atoms. The van der Waals surface area contributed by atoms with Gasteiger partial charge in [0, 0.05) is 0 Å². The lowest BCUT2D eigenvalue weighted by Gasteiger charge is -2.68. The molecule has 1 aromatic rings. The van der Waals surface area contributed by atoms with E-state index < -0.39 is 0 Å². The lowest BCUT2D eigenvalue weighted by Crippen LogP contribution is -2.61. The minimum Gasteiger partial charge on any atom is -0.465 e. The van der Waals surface area contributed by atoms with Gasteiger partial charge in [-0.15, -0.1) is 0 Å². The first-order valence-electron chi connectivity index (χ1n) is 15.1. The molecule has 0 aliphatic heterocycles. The van der Waals surface area contributed by atoms with Gasteiger partial charge >= 0.3 is 5.97 Å². The van der Waals surface area contributed by atoms with E-state index in [4.69, 9.17) is 4.74 Å². The molecule has 6 rings (SSSR count). The van der Waals surface area contributed by atoms with Crippen LogP contribution >= 0.6 is 0 Å². The number of benzene rings is 1. The van der Waals surface area contributed by atoms with E-state index in [2.05, 4.69) is 50.9 Å². The summed E-state index contributed by atoms with van der Waals surface area (Å²) in [6, 6.07) is 8.04. The van der Waals surface area contributed by atoms with E-state index >= 15 is 0 Å². The molecule has 8 atom stereocenters. The number of esters is 1. The Morgan fingerprint density at radius 1 is 0.895 bits per heavy atom. The van der Waals surface area contributed by atoms with E-state index in [0.717, 1.165) is 37.0 Å². The number of carbonyl (C=O) groups excluding carboxylic acids is 2. The number of aliphatic imine (C=N–C) groups is 1. The molecule has 204 valence electrons. The molecule has 1 aromatic carbocycles. The van der Waals surface area contributed by atoms with Gasteiger partial charge in [0.1, 0.15) is 0 Å². The van der Waals surface area contributed by atoms with Crippen LogP contribution in [0, 0.1) is 45.8 Å². The normalized spacial score (nSPS) is 42.9. The molecule has 0 spiro atoms. The highest BCUT2D eigenvalue weighted by atomic mass is 16.5. The number of allylic oxidation sites excluding steroid dienone is 2. The zero-order chi connectivity index (χ0) is 26.9. The molecule has 4 heteroatoms. The Bertz CT molecular complexity index is 1190. The molecule has 8 unspecified atom stereocenters. The second-order valence-electron chi connectivity index (χ2n) is 14.5. The van der Waals surface area contributed by atoms with Crippen molar-refractivity contribution in [1.82, 2.24) is 0 Å². The van der Waals surface area contributed by atoms with Crippen molar-refractivity contribution in [2.75, 3.05) is 7.11 Å². The van der Waals surface area contributed by atoms with Gasteiger partial charge in [-0.05, 0) is 127 Å². The average molecular weight is 516 g/mol. The molecule has 4 fully saturated rings. The Kier molecular flexibility index (Phi) is 6.11. The van der Waals surface area contributed by atoms with Crippen LogP contribution in [-0.2, 0) is 9.53 Å². The third-order valence-electron chi connectivity index (χ3n) is 12.9. The van der Waals surface area contributed by atoms with Crippen LogP contribution in [0.5, 0.6) is 0 Å². The monoisotopic (exact) mass is 515 g/mol. The van der Waals surface area contributed by atoms with Crippen molar-refractivity contribution in [1.29, 1.82) is 0 Å². The van der Waals surface area contributed by atoms with Crippen LogP contribution in [0.3, 0.4) is 0 Å². The van der Waals surface area contributed by atoms with E-state index in [1.54, 1.807) is 0 Å². The molecule has 0 aromatic heterocycles. The molecule has 0 N–H and O–H groups in total. The van der Waals surface area contributed by atoms with Crippen molar-refractivity contribution in [2.24, 2.45) is 50.8 Å². The highest BCUT2D eigenvalue weighted by Crippen LogP contribution is 2.72. The maximum Gasteiger partial charge on any atom is 0.337 e. The van der Waals surface area contributed by atoms with E-state index in [1.807, 2.05) is 18.2 Å². The Morgan fingerprint density at radius 3 is 2.37 bits per heavy atom. The highest BCUT2D eigenvalue weighted by Gasteiger charge is 2.65. The van der Waals surface area contributed by atoms with Crippen LogP contribution in [0.15, 0.2) is 35.3 Å². The average Bonchev–Trinajstić information content (AvgIpc) is 3.32. The summed E-state index contributed by atoms with van der Waals surface area (Å²) in [7, 11) is 1.44. The fraction of sp³-hybridized carbons (Fsp3) is 0.706. The van der Waals surface area contributed by atoms with Gasteiger partial charge in [0.15, 0.2) is 0 Å². The quantitative estimate of drug-likeness (QED) is 0.233. The molecule has 4 nitrogen and oxygen atoms in total. The van der Waals surface area contributed by atoms with E-state index in [-0.39, 0.29) is 16.9 Å². The van der Waals surface area contributed by atoms with Crippen molar-refractivity contribution in [2.45, 2.75) is 97.4 Å². The fourth-order valence-corrected chi connectivity index (χ4v) is 11.5. The van der Waals surface area contributed by atoms with Crippen LogP contribution in [0.4, 0.5) is 0 Å². The summed E-state index contributed by atoms with van der Waals surface area (Å²) < 4.78 is 4.91. The van der Waals surface area contributed by atoms with Gasteiger partial charge in [-0.1, -0.05) is 52.3 Å². The summed E-state index contributed by atoms with van der Waals surface area (Å²) in [6.45, 7) is 10.2. The van der Waals surface area contributed by atoms with Gasteiger partial charge in [-0.2, -0.15) is 4.99 Å². The standard InChI is InChI=1S/C34H45NO3/c1-31(2)25(22-8-10-23(11-9-22)30(37)38-5)14-18-33(4)28(31)16-19-32(3)26-15-20-34(35-21-36)17-6-7-27(34)24(26)12-13-29(32)33/h8-11,14,24,26-29H,6-7,12-13,15-20H2,1-5H3. The van der Waals surface area contributed by atoms with Crippen molar-refractivity contribution >= 4 is 17.6 Å². The predicted molar refractivity (Wildman–Crippen MR) is 150 cm³/mol. The van der Waals surface area contributed by atoms with E-state index in [9.17, 15) is 9.59 Å². The number of methoxy groups -OCH3 is 1. The first-order chi connectivity index (χ1) is 18.1. The SMILES string of the molecule is COC(=O)c1ccc(C2=CCC3(C)C(CCC4(C)C5CCC6(N=C=O)CCCC6C5CCC43)C2(C)C)cc1. The van der Waals surface area contributed by atoms with E-state index in [0.29, 0.717) is 28.2 Å². The van der Waals surface area contributed by atoms with Gasteiger partial charge in [0.05, 0.1) is 18.2 Å². The molecule has 0 saturated heterocycles. The minimum atomic E-state index is -0.279. The maximum atomic E-state index is 12.0. The zero-order valence-corrected chi connectivity index (χ0v) is 24.0. The van der Waals surface area contributed by atoms with Crippen LogP contribution in [0.1, 0.15) is 108 Å². The lowest BCUT2D eigenvalue weighted by molar-refractivity contribution is -0.170. The van der Waals surface area contributed by atoms with Crippen LogP contribution in [0.2, 0.25) is 0 Å². The van der Waals surface area contributed by atoms with Crippen LogP contribution in [0.25, 0.3) is 5.57 Å². The molecule has 0 amide bonds. The van der Waals surface area contributed by atoms with Gasteiger partial charge in [0.25, 0.3) is 0 Å². The third-order valence-corrected chi connectivity index (χ3v) is 12.9. The first-order valence-corrected chi connectivity index (χ1v) is 15.1. The molecule has 0 heterocycles. The first kappa shape index (κ1) is 26.1. The number of hydrogen-bond donors (Lipinski definition) is 0. The van der Waals surface area contributed by atoms with Crippen molar-refractivity contribution in [3.8, 4) is 0 Å². The summed E-state index contributed by atoms with van der Waals surface area (Å²) in [6.07, 6.45) is 16.8. The minimum absolute atomic E-state index is 0.0732. The molecular weight excluding hydrogens is 470 g/mol. The lowest BCUT2D eigenvalue weighted by atomic mass is 9.37. The predicted octanol–water partition coefficient (Wildman–Crippen LogP) is 8.02. The Morgan fingerprint density at radius 2 is 1.66 bits per heavy atom. The maximum absolute atomic E-state index is 12.0. The second kappa shape index (κ2) is 8.91. The molecule has 0 radical (unpaired) electrons. The van der Waals surface area contributed by atoms with Crippen LogP contribution < -0.4 is 0 Å². The number of rotatable bonds is 3. The molecule has 38 heavy (non-hydrogen) atoms. The zero-order valence-electron chi connectivity index (χ0n) is 24.0. The van der Waals surface area contributed by atoms with Crippen molar-refractivity contribution in [3.63, 3.8) is 0 Å². The van der Waals surface area contributed by atoms with E-state index in [1.165, 1.54) is 63.2 Å². The Balaban J connectivity index is 1.31. The molecule has 4 saturated carbocycles. The second-order valence-corrected chi connectivity index (χ2v) is 14.5. The largest absolute Gasteiger partial charge is 0.465 e. The molecule has 5 aliphatic carbocycles. The van der Waals surface area contributed by atoms with Crippen molar-refractivity contribution in [3.05, 3.63) is 41.5 Å². The number of fused-ring (bicyclic) bond motifs is 7. The Labute approximate surface area is 228 Å². The summed E-state index contributed by atoms with van der Waals surface area (Å²) in [5, 5.41) is 0. The van der Waals surface area contributed by atoms with Gasteiger partial charge in [-0.25, -0.2) is 9.59 Å². The summed E-state index contributed by atoms with van der Waals surface area (Å²) in [5.41, 5.74) is 3.93. The smallest absolute Gasteiger partial charge is 0.337 e. The van der Waals surface area contributed by atoms with Crippen LogP contribution in [-0.4, -0.2) is 24.7 Å². The number of nitrogens with zero attached hydrogens (tertiary/aromatic N) is 1. The number of carbonyl (C=O) groups is 1. The highest BCUT2D eigenvalue weighted by molar-refractivity contribution is 5.89. The summed E-state index contributed by atoms with van der Waals surface area (Å²) >= 11 is 0. The van der Waals surface area contributed by atoms with Gasteiger partial charge in [0.2, 0.25) is 6.08 Å². The fourth-order valence-electron chi connectivity index (χ4n) is 11.5.